The molecular weight excluding hydrogens is 510 g/mol. The normalized spacial score (nSPS) is 13.1. The number of likely N-dealkylation sites (N-methyl/N-ethyl adjacent to an activating group) is 1. The van der Waals surface area contributed by atoms with Gasteiger partial charge in [0.1, 0.15) is 6.04 Å². The van der Waals surface area contributed by atoms with Gasteiger partial charge < -0.3 is 10.2 Å². The number of carbonyl (C=O) groups excluding carboxylic acids is 2. The molecule has 39 heavy (non-hydrogen) atoms. The first-order valence-electron chi connectivity index (χ1n) is 13.2. The molecule has 0 spiro atoms. The van der Waals surface area contributed by atoms with Crippen LogP contribution in [0.25, 0.3) is 0 Å². The predicted molar refractivity (Wildman–Crippen MR) is 155 cm³/mol. The number of benzene rings is 3. The summed E-state index contributed by atoms with van der Waals surface area (Å²) >= 11 is 0. The number of sulfonamides is 1. The second-order valence-electron chi connectivity index (χ2n) is 10.1. The Morgan fingerprint density at radius 1 is 0.872 bits per heavy atom. The molecule has 8 heteroatoms. The Morgan fingerprint density at radius 3 is 2.13 bits per heavy atom. The molecule has 3 aromatic carbocycles. The van der Waals surface area contributed by atoms with Gasteiger partial charge in [0.2, 0.25) is 21.8 Å². The molecule has 0 aromatic heterocycles. The average Bonchev–Trinajstić information content (AvgIpc) is 2.91. The first-order valence-corrected chi connectivity index (χ1v) is 14.7. The fourth-order valence-electron chi connectivity index (χ4n) is 4.26. The first-order chi connectivity index (χ1) is 18.5. The van der Waals surface area contributed by atoms with Crippen LogP contribution in [0.1, 0.15) is 42.5 Å². The third-order valence-electron chi connectivity index (χ3n) is 6.79. The van der Waals surface area contributed by atoms with Gasteiger partial charge in [-0.15, -0.1) is 0 Å². The second kappa shape index (κ2) is 13.5. The van der Waals surface area contributed by atoms with E-state index in [4.69, 9.17) is 0 Å². The third-order valence-corrected chi connectivity index (χ3v) is 8.61. The van der Waals surface area contributed by atoms with Crippen LogP contribution >= 0.6 is 0 Å². The van der Waals surface area contributed by atoms with Gasteiger partial charge in [-0.3, -0.25) is 9.59 Å². The lowest BCUT2D eigenvalue weighted by atomic mass is 10.0. The molecule has 7 nitrogen and oxygen atoms in total. The van der Waals surface area contributed by atoms with E-state index >= 15 is 0 Å². The minimum absolute atomic E-state index is 0.0729. The molecule has 3 aromatic rings. The van der Waals surface area contributed by atoms with E-state index in [1.54, 1.807) is 12.1 Å². The summed E-state index contributed by atoms with van der Waals surface area (Å²) in [5.41, 5.74) is 3.74. The van der Waals surface area contributed by atoms with Crippen molar-refractivity contribution < 1.29 is 18.0 Å². The predicted octanol–water partition coefficient (Wildman–Crippen LogP) is 4.48. The minimum atomic E-state index is -3.91. The van der Waals surface area contributed by atoms with E-state index in [9.17, 15) is 18.0 Å². The fourth-order valence-corrected chi connectivity index (χ4v) is 5.38. The maximum atomic E-state index is 13.9. The van der Waals surface area contributed by atoms with Crippen LogP contribution in [-0.2, 0) is 32.6 Å². The zero-order valence-electron chi connectivity index (χ0n) is 23.4. The number of hydrogen-bond donors (Lipinski definition) is 1. The number of carbonyl (C=O) groups is 2. The lowest BCUT2D eigenvalue weighted by molar-refractivity contribution is -0.141. The Balaban J connectivity index is 1.98. The molecule has 0 unspecified atom stereocenters. The van der Waals surface area contributed by atoms with Crippen LogP contribution in [0.3, 0.4) is 0 Å². The lowest BCUT2D eigenvalue weighted by Crippen LogP contribution is -2.54. The highest BCUT2D eigenvalue weighted by Crippen LogP contribution is 2.19. The van der Waals surface area contributed by atoms with Gasteiger partial charge in [-0.2, -0.15) is 4.31 Å². The van der Waals surface area contributed by atoms with Crippen molar-refractivity contribution in [1.82, 2.24) is 14.5 Å². The van der Waals surface area contributed by atoms with Crippen LogP contribution in [0, 0.1) is 13.8 Å². The van der Waals surface area contributed by atoms with Crippen LogP contribution in [0.2, 0.25) is 0 Å². The standard InChI is InChI=1S/C31H39N3O4S/c1-6-25(4)32-31(36)29(20-26-12-8-7-9-13-26)34(21-27-14-10-11-24(3)19-27)30(35)22-33(5)39(37,38)28-17-15-23(2)16-18-28/h7-19,25,29H,6,20-22H2,1-5H3,(H,32,36)/t25-,29-/m0/s1. The molecule has 0 radical (unpaired) electrons. The van der Waals surface area contributed by atoms with Crippen molar-refractivity contribution in [3.05, 3.63) is 101 Å². The molecule has 1 N–H and O–H groups in total. The minimum Gasteiger partial charge on any atom is -0.352 e. The van der Waals surface area contributed by atoms with Crippen molar-refractivity contribution in [2.75, 3.05) is 13.6 Å². The van der Waals surface area contributed by atoms with Gasteiger partial charge in [0.15, 0.2) is 0 Å². The summed E-state index contributed by atoms with van der Waals surface area (Å²) in [7, 11) is -2.51. The molecule has 2 amide bonds. The summed E-state index contributed by atoms with van der Waals surface area (Å²) in [4.78, 5) is 29.2. The van der Waals surface area contributed by atoms with E-state index in [1.807, 2.05) is 82.3 Å². The highest BCUT2D eigenvalue weighted by Gasteiger charge is 2.33. The van der Waals surface area contributed by atoms with Crippen LogP contribution in [0.4, 0.5) is 0 Å². The Kier molecular flexibility index (Phi) is 10.4. The monoisotopic (exact) mass is 549 g/mol. The van der Waals surface area contributed by atoms with Crippen LogP contribution in [0.15, 0.2) is 83.8 Å². The molecule has 208 valence electrons. The molecule has 3 rings (SSSR count). The number of amides is 2. The largest absolute Gasteiger partial charge is 0.352 e. The summed E-state index contributed by atoms with van der Waals surface area (Å²) in [5.74, 6) is -0.715. The Bertz CT molecular complexity index is 1360. The Morgan fingerprint density at radius 2 is 1.51 bits per heavy atom. The lowest BCUT2D eigenvalue weighted by Gasteiger charge is -2.33. The molecule has 0 bridgehead atoms. The van der Waals surface area contributed by atoms with Crippen molar-refractivity contribution in [3.8, 4) is 0 Å². The SMILES string of the molecule is CC[C@H](C)NC(=O)[C@H](Cc1ccccc1)N(Cc1cccc(C)c1)C(=O)CN(C)S(=O)(=O)c1ccc(C)cc1. The quantitative estimate of drug-likeness (QED) is 0.361. The highest BCUT2D eigenvalue weighted by atomic mass is 32.2. The van der Waals surface area contributed by atoms with Crippen molar-refractivity contribution in [3.63, 3.8) is 0 Å². The van der Waals surface area contributed by atoms with Crippen LogP contribution in [0.5, 0.6) is 0 Å². The van der Waals surface area contributed by atoms with E-state index in [1.165, 1.54) is 24.1 Å². The number of nitrogens with zero attached hydrogens (tertiary/aromatic N) is 2. The maximum Gasteiger partial charge on any atom is 0.243 e. The van der Waals surface area contributed by atoms with Crippen LogP contribution in [-0.4, -0.2) is 55.1 Å². The summed E-state index contributed by atoms with van der Waals surface area (Å²) in [6, 6.07) is 22.9. The van der Waals surface area contributed by atoms with E-state index in [0.29, 0.717) is 6.42 Å². The van der Waals surface area contributed by atoms with Gasteiger partial charge in [0, 0.05) is 26.1 Å². The van der Waals surface area contributed by atoms with Crippen LogP contribution < -0.4 is 5.32 Å². The molecular formula is C31H39N3O4S. The average molecular weight is 550 g/mol. The summed E-state index contributed by atoms with van der Waals surface area (Å²) in [6.07, 6.45) is 1.04. The number of aryl methyl sites for hydroxylation is 2. The highest BCUT2D eigenvalue weighted by molar-refractivity contribution is 7.89. The Hall–Kier alpha value is -3.49. The zero-order valence-corrected chi connectivity index (χ0v) is 24.2. The fraction of sp³-hybridized carbons (Fsp3) is 0.355. The van der Waals surface area contributed by atoms with Gasteiger partial charge in [0.05, 0.1) is 11.4 Å². The van der Waals surface area contributed by atoms with E-state index in [0.717, 1.165) is 33.0 Å². The van der Waals surface area contributed by atoms with Crippen molar-refractivity contribution in [2.24, 2.45) is 0 Å². The molecule has 0 aliphatic carbocycles. The molecule has 2 atom stereocenters. The summed E-state index contributed by atoms with van der Waals surface area (Å²) in [5, 5.41) is 3.03. The van der Waals surface area contributed by atoms with E-state index in [-0.39, 0.29) is 23.4 Å². The number of rotatable bonds is 12. The topological polar surface area (TPSA) is 86.8 Å². The Labute approximate surface area is 232 Å². The van der Waals surface area contributed by atoms with Crippen molar-refractivity contribution in [2.45, 2.75) is 64.1 Å². The number of hydrogen-bond acceptors (Lipinski definition) is 4. The second-order valence-corrected chi connectivity index (χ2v) is 12.2. The van der Waals surface area contributed by atoms with Gasteiger partial charge in [-0.05, 0) is 50.5 Å². The zero-order chi connectivity index (χ0) is 28.6. The molecule has 0 heterocycles. The molecule has 0 saturated heterocycles. The first kappa shape index (κ1) is 30.1. The number of nitrogens with one attached hydrogen (secondary N) is 1. The van der Waals surface area contributed by atoms with E-state index < -0.39 is 28.5 Å². The summed E-state index contributed by atoms with van der Waals surface area (Å²) < 4.78 is 27.6. The smallest absolute Gasteiger partial charge is 0.243 e. The van der Waals surface area contributed by atoms with Gasteiger partial charge >= 0.3 is 0 Å². The maximum absolute atomic E-state index is 13.9. The van der Waals surface area contributed by atoms with E-state index in [2.05, 4.69) is 5.32 Å². The van der Waals surface area contributed by atoms with Gasteiger partial charge in [-0.25, -0.2) is 8.42 Å². The third kappa shape index (κ3) is 8.25. The molecule has 0 aliphatic rings. The molecule has 0 fully saturated rings. The summed E-state index contributed by atoms with van der Waals surface area (Å²) in [6.45, 7) is 7.52. The van der Waals surface area contributed by atoms with Crippen molar-refractivity contribution >= 4 is 21.8 Å². The van der Waals surface area contributed by atoms with Gasteiger partial charge in [0.25, 0.3) is 0 Å². The van der Waals surface area contributed by atoms with Gasteiger partial charge in [-0.1, -0.05) is 84.8 Å². The van der Waals surface area contributed by atoms with Crippen molar-refractivity contribution in [1.29, 1.82) is 0 Å². The molecule has 0 aliphatic heterocycles. The molecule has 0 saturated carbocycles.